The van der Waals surface area contributed by atoms with Crippen LogP contribution in [0.2, 0.25) is 5.02 Å². The lowest BCUT2D eigenvalue weighted by atomic mass is 9.47. The second-order valence-corrected chi connectivity index (χ2v) is 10.5. The molecule has 190 valence electrons. The maximum atomic E-state index is 14.3. The Labute approximate surface area is 229 Å². The first-order valence-electron chi connectivity index (χ1n) is 12.7. The molecule has 0 spiro atoms. The Balaban J connectivity index is 1.43. The first kappa shape index (κ1) is 23.6. The molecule has 8 rings (SSSR count). The zero-order valence-corrected chi connectivity index (χ0v) is 21.4. The predicted octanol–water partition coefficient (Wildman–Crippen LogP) is 5.31. The van der Waals surface area contributed by atoms with Gasteiger partial charge in [-0.05, 0) is 46.5 Å². The molecule has 1 heterocycles. The number of nitrogens with zero attached hydrogens (tertiary/aromatic N) is 2. The number of halogens is 1. The van der Waals surface area contributed by atoms with E-state index in [0.29, 0.717) is 16.3 Å². The fourth-order valence-electron chi connectivity index (χ4n) is 6.77. The SMILES string of the molecule is O=C(N/N=C\C12c3ccccc3C(c3ccccc31)[C@H]1C(=O)N(c3ccccc3Cl)C(=O)[C@@H]12)c1ccccc1. The van der Waals surface area contributed by atoms with Crippen LogP contribution in [0.3, 0.4) is 0 Å². The molecule has 0 aromatic heterocycles. The van der Waals surface area contributed by atoms with E-state index in [4.69, 9.17) is 11.6 Å². The van der Waals surface area contributed by atoms with Crippen LogP contribution in [0.5, 0.6) is 0 Å². The van der Waals surface area contributed by atoms with Crippen molar-refractivity contribution in [2.24, 2.45) is 16.9 Å². The second kappa shape index (κ2) is 8.75. The van der Waals surface area contributed by atoms with Gasteiger partial charge in [0.2, 0.25) is 11.8 Å². The highest BCUT2D eigenvalue weighted by molar-refractivity contribution is 6.36. The van der Waals surface area contributed by atoms with Gasteiger partial charge in [-0.1, -0.05) is 90.5 Å². The van der Waals surface area contributed by atoms with E-state index in [9.17, 15) is 14.4 Å². The monoisotopic (exact) mass is 531 g/mol. The summed E-state index contributed by atoms with van der Waals surface area (Å²) in [4.78, 5) is 42.6. The average Bonchev–Trinajstić information content (AvgIpc) is 3.24. The Bertz CT molecular complexity index is 1650. The minimum atomic E-state index is -1.07. The molecule has 0 saturated carbocycles. The van der Waals surface area contributed by atoms with Crippen molar-refractivity contribution >= 4 is 41.2 Å². The van der Waals surface area contributed by atoms with Gasteiger partial charge in [0, 0.05) is 17.7 Å². The zero-order chi connectivity index (χ0) is 26.7. The van der Waals surface area contributed by atoms with E-state index in [-0.39, 0.29) is 23.6 Å². The first-order chi connectivity index (χ1) is 19.0. The van der Waals surface area contributed by atoms with Gasteiger partial charge in [-0.15, -0.1) is 0 Å². The molecule has 4 aromatic rings. The third-order valence-corrected chi connectivity index (χ3v) is 8.57. The van der Waals surface area contributed by atoms with Crippen molar-refractivity contribution < 1.29 is 14.4 Å². The number of rotatable bonds is 4. The van der Waals surface area contributed by atoms with E-state index < -0.39 is 17.3 Å². The number of hydrogen-bond acceptors (Lipinski definition) is 4. The standard InChI is InChI=1S/C32H22ClN3O3/c33-24-16-8-9-17-25(24)36-30(38)27-26-20-12-4-6-14-22(20)32(28(27)31(36)39,23-15-7-5-13-21(23)26)18-34-35-29(37)19-10-2-1-3-11-19/h1-18,26-28H,(H,35,37)/b34-18-/t26?,27-,28-,32?/m1/s1. The third kappa shape index (κ3) is 3.21. The lowest BCUT2D eigenvalue weighted by Crippen LogP contribution is -2.54. The van der Waals surface area contributed by atoms with Crippen LogP contribution in [0.1, 0.15) is 38.5 Å². The summed E-state index contributed by atoms with van der Waals surface area (Å²) >= 11 is 6.49. The highest BCUT2D eigenvalue weighted by Gasteiger charge is 2.68. The van der Waals surface area contributed by atoms with Crippen LogP contribution in [-0.4, -0.2) is 23.9 Å². The van der Waals surface area contributed by atoms with Crippen LogP contribution in [0, 0.1) is 11.8 Å². The summed E-state index contributed by atoms with van der Waals surface area (Å²) in [5.41, 5.74) is 6.21. The minimum Gasteiger partial charge on any atom is -0.274 e. The van der Waals surface area contributed by atoms with Gasteiger partial charge in [-0.3, -0.25) is 14.4 Å². The molecule has 1 N–H and O–H groups in total. The number of benzene rings is 4. The molecule has 0 radical (unpaired) electrons. The molecular weight excluding hydrogens is 510 g/mol. The molecule has 4 aliphatic rings. The summed E-state index contributed by atoms with van der Waals surface area (Å²) in [7, 11) is 0. The fraction of sp³-hybridized carbons (Fsp3) is 0.125. The summed E-state index contributed by atoms with van der Waals surface area (Å²) in [6, 6.07) is 31.5. The number of para-hydroxylation sites is 1. The molecule has 6 nitrogen and oxygen atoms in total. The van der Waals surface area contributed by atoms with Crippen LogP contribution in [0.15, 0.2) is 108 Å². The van der Waals surface area contributed by atoms with Gasteiger partial charge in [0.15, 0.2) is 0 Å². The maximum Gasteiger partial charge on any atom is 0.271 e. The van der Waals surface area contributed by atoms with Crippen molar-refractivity contribution in [3.05, 3.63) is 136 Å². The number of carbonyl (C=O) groups excluding carboxylic acids is 3. The zero-order valence-electron chi connectivity index (χ0n) is 20.6. The summed E-state index contributed by atoms with van der Waals surface area (Å²) in [6.45, 7) is 0. The first-order valence-corrected chi connectivity index (χ1v) is 13.1. The maximum absolute atomic E-state index is 14.3. The molecule has 3 aliphatic carbocycles. The number of amides is 3. The van der Waals surface area contributed by atoms with Crippen LogP contribution >= 0.6 is 11.6 Å². The smallest absolute Gasteiger partial charge is 0.271 e. The Hall–Kier alpha value is -4.55. The molecule has 1 saturated heterocycles. The largest absolute Gasteiger partial charge is 0.274 e. The van der Waals surface area contributed by atoms with Crippen molar-refractivity contribution in [2.45, 2.75) is 11.3 Å². The van der Waals surface area contributed by atoms with E-state index in [1.165, 1.54) is 4.90 Å². The average molecular weight is 532 g/mol. The summed E-state index contributed by atoms with van der Waals surface area (Å²) < 4.78 is 0. The van der Waals surface area contributed by atoms with Crippen molar-refractivity contribution in [3.63, 3.8) is 0 Å². The molecule has 3 amide bonds. The molecule has 1 aliphatic heterocycles. The normalized spacial score (nSPS) is 24.4. The quantitative estimate of drug-likeness (QED) is 0.220. The van der Waals surface area contributed by atoms with E-state index >= 15 is 0 Å². The molecule has 2 bridgehead atoms. The highest BCUT2D eigenvalue weighted by atomic mass is 35.5. The summed E-state index contributed by atoms with van der Waals surface area (Å²) in [6.07, 6.45) is 1.65. The van der Waals surface area contributed by atoms with Crippen LogP contribution in [-0.2, 0) is 15.0 Å². The van der Waals surface area contributed by atoms with Crippen LogP contribution < -0.4 is 10.3 Å². The van der Waals surface area contributed by atoms with Gasteiger partial charge in [-0.2, -0.15) is 5.10 Å². The van der Waals surface area contributed by atoms with Gasteiger partial charge in [-0.25, -0.2) is 10.3 Å². The third-order valence-electron chi connectivity index (χ3n) is 8.25. The van der Waals surface area contributed by atoms with Gasteiger partial charge in [0.1, 0.15) is 0 Å². The van der Waals surface area contributed by atoms with E-state index in [0.717, 1.165) is 22.3 Å². The second-order valence-electron chi connectivity index (χ2n) is 10.1. The minimum absolute atomic E-state index is 0.279. The van der Waals surface area contributed by atoms with Crippen molar-refractivity contribution in [1.82, 2.24) is 5.43 Å². The number of anilines is 1. The van der Waals surface area contributed by atoms with Crippen LogP contribution in [0.25, 0.3) is 0 Å². The molecule has 39 heavy (non-hydrogen) atoms. The van der Waals surface area contributed by atoms with Gasteiger partial charge < -0.3 is 0 Å². The molecular formula is C32H22ClN3O3. The Kier molecular flexibility index (Phi) is 5.28. The Morgan fingerprint density at radius 3 is 2.05 bits per heavy atom. The van der Waals surface area contributed by atoms with Gasteiger partial charge in [0.05, 0.1) is 28.0 Å². The molecule has 2 atom stereocenters. The van der Waals surface area contributed by atoms with Crippen molar-refractivity contribution in [2.75, 3.05) is 4.90 Å². The summed E-state index contributed by atoms with van der Waals surface area (Å²) in [5.74, 6) is -2.66. The lowest BCUT2D eigenvalue weighted by molar-refractivity contribution is -0.122. The molecule has 1 fully saturated rings. The number of imide groups is 1. The Morgan fingerprint density at radius 1 is 0.795 bits per heavy atom. The van der Waals surface area contributed by atoms with Crippen LogP contribution in [0.4, 0.5) is 5.69 Å². The molecule has 4 aromatic carbocycles. The fourth-order valence-corrected chi connectivity index (χ4v) is 6.99. The number of carbonyl (C=O) groups is 3. The lowest BCUT2D eigenvalue weighted by Gasteiger charge is -2.52. The topological polar surface area (TPSA) is 78.8 Å². The van der Waals surface area contributed by atoms with E-state index in [1.54, 1.807) is 54.7 Å². The van der Waals surface area contributed by atoms with Crippen molar-refractivity contribution in [3.8, 4) is 0 Å². The highest BCUT2D eigenvalue weighted by Crippen LogP contribution is 2.63. The predicted molar refractivity (Wildman–Crippen MR) is 149 cm³/mol. The summed E-state index contributed by atoms with van der Waals surface area (Å²) in [5, 5.41) is 4.77. The van der Waals surface area contributed by atoms with E-state index in [1.807, 2.05) is 54.6 Å². The number of hydrogen-bond donors (Lipinski definition) is 1. The molecule has 0 unspecified atom stereocenters. The van der Waals surface area contributed by atoms with Crippen molar-refractivity contribution in [1.29, 1.82) is 0 Å². The Morgan fingerprint density at radius 2 is 1.38 bits per heavy atom. The molecule has 7 heteroatoms. The van der Waals surface area contributed by atoms with Gasteiger partial charge >= 0.3 is 0 Å². The van der Waals surface area contributed by atoms with E-state index in [2.05, 4.69) is 10.5 Å². The van der Waals surface area contributed by atoms with Gasteiger partial charge in [0.25, 0.3) is 5.91 Å². The number of hydrazone groups is 1. The number of nitrogens with one attached hydrogen (secondary N) is 1.